The first-order valence-corrected chi connectivity index (χ1v) is 9.33. The van der Waals surface area contributed by atoms with E-state index in [0.717, 1.165) is 11.1 Å². The van der Waals surface area contributed by atoms with Crippen LogP contribution in [0.2, 0.25) is 0 Å². The van der Waals surface area contributed by atoms with Crippen LogP contribution in [0.5, 0.6) is 5.75 Å². The lowest BCUT2D eigenvalue weighted by Crippen LogP contribution is -2.22. The number of ketones is 1. The van der Waals surface area contributed by atoms with Gasteiger partial charge in [0.1, 0.15) is 5.69 Å². The van der Waals surface area contributed by atoms with Gasteiger partial charge in [0, 0.05) is 12.6 Å². The van der Waals surface area contributed by atoms with E-state index in [0.29, 0.717) is 35.8 Å². The van der Waals surface area contributed by atoms with Crippen molar-refractivity contribution in [3.8, 4) is 5.75 Å². The zero-order valence-electron chi connectivity index (χ0n) is 16.7. The molecule has 0 aliphatic carbocycles. The Morgan fingerprint density at radius 3 is 2.55 bits per heavy atom. The van der Waals surface area contributed by atoms with Crippen LogP contribution in [0.3, 0.4) is 0 Å². The van der Waals surface area contributed by atoms with E-state index < -0.39 is 11.9 Å². The topological polar surface area (TPSA) is 80.9 Å². The number of benzene rings is 1. The van der Waals surface area contributed by atoms with Crippen molar-refractivity contribution in [1.29, 1.82) is 0 Å². The number of nitrogens with zero attached hydrogens (tertiary/aromatic N) is 2. The van der Waals surface area contributed by atoms with E-state index in [2.05, 4.69) is 4.98 Å². The van der Waals surface area contributed by atoms with Crippen LogP contribution in [0.25, 0.3) is 5.65 Å². The molecule has 0 bridgehead atoms. The molecular formula is C22H25ClN2O4. The summed E-state index contributed by atoms with van der Waals surface area (Å²) in [6, 6.07) is 11.2. The quantitative estimate of drug-likeness (QED) is 0.554. The molecule has 1 atom stereocenters. The highest BCUT2D eigenvalue weighted by Gasteiger charge is 2.26. The van der Waals surface area contributed by atoms with Crippen molar-refractivity contribution in [2.24, 2.45) is 5.92 Å². The third-order valence-corrected chi connectivity index (χ3v) is 4.86. The number of hydrogen-bond donors (Lipinski definition) is 1. The molecule has 1 N–H and O–H groups in total. The molecule has 3 rings (SSSR count). The molecule has 154 valence electrons. The number of fused-ring (bicyclic) bond motifs is 1. The summed E-state index contributed by atoms with van der Waals surface area (Å²) in [4.78, 5) is 29.3. The second-order valence-corrected chi connectivity index (χ2v) is 6.84. The minimum Gasteiger partial charge on any atom is -0.490 e. The van der Waals surface area contributed by atoms with Crippen LogP contribution in [0.4, 0.5) is 0 Å². The molecule has 0 amide bonds. The summed E-state index contributed by atoms with van der Waals surface area (Å²) >= 11 is 0. The summed E-state index contributed by atoms with van der Waals surface area (Å²) in [5.74, 6) is -1.41. The minimum absolute atomic E-state index is 0. The molecule has 0 aliphatic rings. The van der Waals surface area contributed by atoms with Crippen LogP contribution in [-0.4, -0.2) is 32.9 Å². The van der Waals surface area contributed by atoms with Gasteiger partial charge in [0.25, 0.3) is 0 Å². The summed E-state index contributed by atoms with van der Waals surface area (Å²) in [6.07, 6.45) is 1.98. The van der Waals surface area contributed by atoms with E-state index in [1.807, 2.05) is 38.1 Å². The number of aromatic nitrogens is 2. The lowest BCUT2D eigenvalue weighted by molar-refractivity contribution is -0.141. The number of imidazole rings is 1. The smallest absolute Gasteiger partial charge is 0.307 e. The fraction of sp³-hybridized carbons (Fsp3) is 0.318. The standard InChI is InChI=1S/C22H24N2O4.ClH/c1-4-28-19-10-7-11-24-20(15(3)23-21(19)24)18(25)13-17(22(26)27)12-16-9-6-5-8-14(16)2;/h5-11,17H,4,12-13H2,1-3H3,(H,26,27);1H/t17-;/m0./s1. The number of pyridine rings is 1. The fourth-order valence-electron chi connectivity index (χ4n) is 3.43. The predicted molar refractivity (Wildman–Crippen MR) is 113 cm³/mol. The number of halogens is 1. The molecule has 2 heterocycles. The lowest BCUT2D eigenvalue weighted by Gasteiger charge is -2.14. The molecule has 0 saturated carbocycles. The zero-order chi connectivity index (χ0) is 20.3. The van der Waals surface area contributed by atoms with E-state index in [9.17, 15) is 14.7 Å². The van der Waals surface area contributed by atoms with Gasteiger partial charge in [-0.25, -0.2) is 4.98 Å². The van der Waals surface area contributed by atoms with Gasteiger partial charge in [0.15, 0.2) is 17.2 Å². The summed E-state index contributed by atoms with van der Waals surface area (Å²) < 4.78 is 7.28. The van der Waals surface area contributed by atoms with Crippen molar-refractivity contribution in [1.82, 2.24) is 9.38 Å². The van der Waals surface area contributed by atoms with Gasteiger partial charge < -0.3 is 9.84 Å². The Kier molecular flexibility index (Phi) is 7.40. The Hall–Kier alpha value is -2.86. The lowest BCUT2D eigenvalue weighted by atomic mass is 9.91. The van der Waals surface area contributed by atoms with E-state index in [1.54, 1.807) is 29.7 Å². The second-order valence-electron chi connectivity index (χ2n) is 6.84. The van der Waals surface area contributed by atoms with Crippen LogP contribution >= 0.6 is 12.4 Å². The molecule has 0 aliphatic heterocycles. The molecule has 7 heteroatoms. The van der Waals surface area contributed by atoms with Crippen LogP contribution in [-0.2, 0) is 11.2 Å². The maximum absolute atomic E-state index is 13.0. The number of aliphatic carboxylic acids is 1. The van der Waals surface area contributed by atoms with E-state index in [1.165, 1.54) is 0 Å². The van der Waals surface area contributed by atoms with Crippen molar-refractivity contribution in [3.05, 3.63) is 65.1 Å². The highest BCUT2D eigenvalue weighted by atomic mass is 35.5. The Balaban J connectivity index is 0.00000300. The highest BCUT2D eigenvalue weighted by molar-refractivity contribution is 5.98. The number of rotatable bonds is 8. The molecule has 0 spiro atoms. The average Bonchev–Trinajstić information content (AvgIpc) is 3.00. The normalized spacial score (nSPS) is 11.7. The van der Waals surface area contributed by atoms with Crippen molar-refractivity contribution in [2.45, 2.75) is 33.6 Å². The SMILES string of the molecule is CCOc1cccn2c(C(=O)C[C@H](Cc3ccccc3C)C(=O)O)c(C)nc12.Cl. The molecule has 29 heavy (non-hydrogen) atoms. The number of Topliss-reactive ketones (excluding diaryl/α,β-unsaturated/α-hetero) is 1. The Morgan fingerprint density at radius 1 is 1.17 bits per heavy atom. The monoisotopic (exact) mass is 416 g/mol. The molecular weight excluding hydrogens is 392 g/mol. The van der Waals surface area contributed by atoms with Gasteiger partial charge in [-0.15, -0.1) is 12.4 Å². The van der Waals surface area contributed by atoms with Crippen molar-refractivity contribution in [2.75, 3.05) is 6.61 Å². The number of aryl methyl sites for hydroxylation is 2. The first-order valence-electron chi connectivity index (χ1n) is 9.33. The molecule has 0 unspecified atom stereocenters. The maximum atomic E-state index is 13.0. The highest BCUT2D eigenvalue weighted by Crippen LogP contribution is 2.25. The number of ether oxygens (including phenoxy) is 1. The van der Waals surface area contributed by atoms with Gasteiger partial charge >= 0.3 is 5.97 Å². The Labute approximate surface area is 175 Å². The Morgan fingerprint density at radius 2 is 1.90 bits per heavy atom. The Bertz CT molecular complexity index is 1030. The zero-order valence-corrected chi connectivity index (χ0v) is 17.5. The van der Waals surface area contributed by atoms with Gasteiger partial charge in [-0.3, -0.25) is 14.0 Å². The van der Waals surface area contributed by atoms with Gasteiger partial charge in [0.05, 0.1) is 18.2 Å². The molecule has 2 aromatic heterocycles. The van der Waals surface area contributed by atoms with E-state index in [4.69, 9.17) is 4.74 Å². The predicted octanol–water partition coefficient (Wildman–Crippen LogP) is 4.29. The van der Waals surface area contributed by atoms with Gasteiger partial charge in [-0.2, -0.15) is 0 Å². The first kappa shape index (κ1) is 22.4. The summed E-state index contributed by atoms with van der Waals surface area (Å²) in [7, 11) is 0. The van der Waals surface area contributed by atoms with Gasteiger partial charge in [-0.1, -0.05) is 24.3 Å². The summed E-state index contributed by atoms with van der Waals surface area (Å²) in [6.45, 7) is 6.08. The summed E-state index contributed by atoms with van der Waals surface area (Å²) in [5, 5.41) is 9.67. The number of hydrogen-bond acceptors (Lipinski definition) is 4. The number of carboxylic acids is 1. The number of carbonyl (C=O) groups is 2. The van der Waals surface area contributed by atoms with Crippen molar-refractivity contribution < 1.29 is 19.4 Å². The van der Waals surface area contributed by atoms with E-state index >= 15 is 0 Å². The third-order valence-electron chi connectivity index (χ3n) is 4.86. The molecule has 0 fully saturated rings. The van der Waals surface area contributed by atoms with Gasteiger partial charge in [-0.05, 0) is 50.5 Å². The summed E-state index contributed by atoms with van der Waals surface area (Å²) in [5.41, 5.74) is 3.51. The van der Waals surface area contributed by atoms with Crippen LogP contribution in [0, 0.1) is 19.8 Å². The third kappa shape index (κ3) is 4.77. The maximum Gasteiger partial charge on any atom is 0.307 e. The van der Waals surface area contributed by atoms with Crippen molar-refractivity contribution in [3.63, 3.8) is 0 Å². The fourth-order valence-corrected chi connectivity index (χ4v) is 3.43. The first-order chi connectivity index (χ1) is 13.4. The molecule has 0 radical (unpaired) electrons. The average molecular weight is 417 g/mol. The van der Waals surface area contributed by atoms with Crippen LogP contribution in [0.1, 0.15) is 40.7 Å². The van der Waals surface area contributed by atoms with Crippen molar-refractivity contribution >= 4 is 29.8 Å². The second kappa shape index (κ2) is 9.56. The number of carbonyl (C=O) groups excluding carboxylic acids is 1. The van der Waals surface area contributed by atoms with Crippen LogP contribution in [0.15, 0.2) is 42.6 Å². The van der Waals surface area contributed by atoms with Gasteiger partial charge in [0.2, 0.25) is 0 Å². The number of carboxylic acid groups (broad SMARTS) is 1. The van der Waals surface area contributed by atoms with Crippen LogP contribution < -0.4 is 4.74 Å². The van der Waals surface area contributed by atoms with E-state index in [-0.39, 0.29) is 24.6 Å². The molecule has 0 saturated heterocycles. The molecule has 6 nitrogen and oxygen atoms in total. The minimum atomic E-state index is -0.974. The molecule has 1 aromatic carbocycles. The largest absolute Gasteiger partial charge is 0.490 e. The molecule has 3 aromatic rings.